The van der Waals surface area contributed by atoms with Crippen molar-refractivity contribution in [2.75, 3.05) is 0 Å². The quantitative estimate of drug-likeness (QED) is 0.250. The molecule has 5 heavy (non-hydrogen) atoms. The Bertz CT molecular complexity index is 6.85. The number of hydrogen-bond donors (Lipinski definition) is 0. The zero-order chi connectivity index (χ0) is 0. The smallest absolute Gasteiger partial charge is 1.00 e. The maximum Gasteiger partial charge on any atom is 1.00 e. The Hall–Kier alpha value is 4.12. The van der Waals surface area contributed by atoms with Crippen LogP contribution in [0.25, 0.3) is 0 Å². The number of rotatable bonds is 0. The Morgan fingerprint density at radius 1 is 0.800 bits per heavy atom. The van der Waals surface area contributed by atoms with E-state index < -0.39 is 0 Å². The molecule has 0 fully saturated rings. The van der Waals surface area contributed by atoms with Crippen LogP contribution < -0.4 is 123 Å². The summed E-state index contributed by atoms with van der Waals surface area (Å²) in [6.45, 7) is 0. The fourth-order valence-electron chi connectivity index (χ4n) is 0. The van der Waals surface area contributed by atoms with Gasteiger partial charge in [-0.3, -0.25) is 0 Å². The summed E-state index contributed by atoms with van der Waals surface area (Å²) in [5.41, 5.74) is 0. The molecule has 0 aliphatic heterocycles. The molecule has 0 aromatic carbocycles. The standard InChI is InChI=1S/ClH.H2I.2HI.K/h1H;1H2;2*1H;/q;+1;;;+1/p-2. The van der Waals surface area contributed by atoms with E-state index in [1.165, 1.54) is 0 Å². The van der Waals surface area contributed by atoms with E-state index in [1.807, 2.05) is 0 Å². The van der Waals surface area contributed by atoms with E-state index in [2.05, 4.69) is 0 Å². The molecule has 0 aliphatic carbocycles. The maximum atomic E-state index is 0. The fraction of sp³-hybridized carbons (Fsp3) is 0. The SMILES string of the molecule is Cl.[I-].[I-].[IH2+].[K+]. The van der Waals surface area contributed by atoms with E-state index in [1.54, 1.807) is 0 Å². The molecule has 0 saturated heterocycles. The molecule has 0 aromatic rings. The predicted octanol–water partition coefficient (Wildman–Crippen LogP) is -12.1. The zero-order valence-electron chi connectivity index (χ0n) is 2.61. The minimum atomic E-state index is 0. The van der Waals surface area contributed by atoms with E-state index in [9.17, 15) is 0 Å². The second-order valence-electron chi connectivity index (χ2n) is 0. The minimum absolute atomic E-state index is 0. The zero-order valence-corrected chi connectivity index (χ0v) is 13.4. The summed E-state index contributed by atoms with van der Waals surface area (Å²) in [6.07, 6.45) is 0. The van der Waals surface area contributed by atoms with Crippen LogP contribution >= 0.6 is 12.4 Å². The van der Waals surface area contributed by atoms with E-state index in [-0.39, 0.29) is 136 Å². The van der Waals surface area contributed by atoms with Crippen LogP contribution in [-0.4, -0.2) is 0 Å². The summed E-state index contributed by atoms with van der Waals surface area (Å²) >= 11 is 0. The van der Waals surface area contributed by atoms with Gasteiger partial charge in [-0.15, -0.1) is 12.4 Å². The topological polar surface area (TPSA) is 0 Å². The van der Waals surface area contributed by atoms with Crippen LogP contribution in [0.4, 0.5) is 0 Å². The molecule has 0 bridgehead atoms. The van der Waals surface area contributed by atoms with Gasteiger partial charge in [0.05, 0.1) is 0 Å². The van der Waals surface area contributed by atoms with Crippen molar-refractivity contribution in [2.45, 2.75) is 0 Å². The van der Waals surface area contributed by atoms with Gasteiger partial charge in [-0.05, 0) is 0 Å². The molecule has 0 radical (unpaired) electrons. The van der Waals surface area contributed by atoms with Gasteiger partial charge in [0.1, 0.15) is 0 Å². The van der Waals surface area contributed by atoms with Crippen LogP contribution in [0.5, 0.6) is 0 Å². The largest absolute Gasteiger partial charge is 1.00 e. The molecule has 0 aliphatic rings. The van der Waals surface area contributed by atoms with Gasteiger partial charge in [0.15, 0.2) is 0 Å². The van der Waals surface area contributed by atoms with Gasteiger partial charge in [0, 0.05) is 0 Å². The molecule has 0 aromatic heterocycles. The molecule has 0 spiro atoms. The molecular weight excluding hydrogens is 455 g/mol. The Labute approximate surface area is 132 Å². The molecule has 0 nitrogen and oxygen atoms in total. The van der Waals surface area contributed by atoms with Crippen LogP contribution in [0.2, 0.25) is 0 Å². The van der Waals surface area contributed by atoms with Gasteiger partial charge < -0.3 is 48.0 Å². The number of hydrogen-bond acceptors (Lipinski definition) is 0. The van der Waals surface area contributed by atoms with Crippen molar-refractivity contribution in [1.29, 1.82) is 0 Å². The van der Waals surface area contributed by atoms with Crippen molar-refractivity contribution in [2.24, 2.45) is 0 Å². The Kier molecular flexibility index (Phi) is 172. The summed E-state index contributed by atoms with van der Waals surface area (Å²) in [4.78, 5) is 0. The Morgan fingerprint density at radius 2 is 0.800 bits per heavy atom. The number of halogens is 4. The van der Waals surface area contributed by atoms with Crippen LogP contribution in [0.15, 0.2) is 0 Å². The molecule has 0 amide bonds. The first kappa shape index (κ1) is 35.4. The molecule has 0 saturated carbocycles. The molecule has 5 heteroatoms. The first-order chi connectivity index (χ1) is 0. The third-order valence-corrected chi connectivity index (χ3v) is 0. The monoisotopic (exact) mass is 458 g/mol. The molecule has 0 heterocycles. The van der Waals surface area contributed by atoms with Crippen LogP contribution in [0.1, 0.15) is 0 Å². The minimum Gasteiger partial charge on any atom is -1.00 e. The van der Waals surface area contributed by atoms with E-state index >= 15 is 0 Å². The molecule has 0 atom stereocenters. The van der Waals surface area contributed by atoms with Crippen molar-refractivity contribution < 1.29 is 123 Å². The van der Waals surface area contributed by atoms with Crippen LogP contribution in [0.3, 0.4) is 0 Å². The first-order valence-corrected chi connectivity index (χ1v) is 0. The van der Waals surface area contributed by atoms with Crippen molar-refractivity contribution in [3.63, 3.8) is 0 Å². The summed E-state index contributed by atoms with van der Waals surface area (Å²) < 4.78 is 0. The van der Waals surface area contributed by atoms with E-state index in [0.29, 0.717) is 0 Å². The second kappa shape index (κ2) is 24.3. The van der Waals surface area contributed by atoms with Gasteiger partial charge in [0.25, 0.3) is 0 Å². The van der Waals surface area contributed by atoms with Gasteiger partial charge >= 0.3 is 51.4 Å². The predicted molar refractivity (Wildman–Crippen MR) is 10.0 cm³/mol. The summed E-state index contributed by atoms with van der Waals surface area (Å²) in [5.74, 6) is 0. The Morgan fingerprint density at radius 3 is 0.800 bits per heavy atom. The van der Waals surface area contributed by atoms with Gasteiger partial charge in [0.2, 0.25) is 24.0 Å². The Balaban J connectivity index is 0. The first-order valence-electron chi connectivity index (χ1n) is 0. The second-order valence-corrected chi connectivity index (χ2v) is 0. The molecule has 0 unspecified atom stereocenters. The average Bonchev–Trinajstić information content (AvgIpc) is 0. The van der Waals surface area contributed by atoms with Gasteiger partial charge in [-0.1, -0.05) is 0 Å². The average molecular weight is 458 g/mol. The fourth-order valence-corrected chi connectivity index (χ4v) is 0. The van der Waals surface area contributed by atoms with Gasteiger partial charge in [-0.2, -0.15) is 0 Å². The molecular formula is H3ClI3K. The van der Waals surface area contributed by atoms with Crippen LogP contribution in [-0.2, 0) is 0 Å². The third kappa shape index (κ3) is 17.9. The van der Waals surface area contributed by atoms with E-state index in [4.69, 9.17) is 0 Å². The van der Waals surface area contributed by atoms with Crippen molar-refractivity contribution >= 4 is 12.4 Å². The van der Waals surface area contributed by atoms with Crippen molar-refractivity contribution in [3.05, 3.63) is 0 Å². The molecule has 0 rings (SSSR count). The van der Waals surface area contributed by atoms with Crippen LogP contribution in [0, 0.1) is 0 Å². The summed E-state index contributed by atoms with van der Waals surface area (Å²) in [7, 11) is 0. The summed E-state index contributed by atoms with van der Waals surface area (Å²) in [5, 5.41) is 0. The third-order valence-electron chi connectivity index (χ3n) is 0. The normalized spacial score (nSPS) is 0. The van der Waals surface area contributed by atoms with Crippen molar-refractivity contribution in [1.82, 2.24) is 0 Å². The van der Waals surface area contributed by atoms with E-state index in [0.717, 1.165) is 0 Å². The summed E-state index contributed by atoms with van der Waals surface area (Å²) in [6, 6.07) is 0. The van der Waals surface area contributed by atoms with Gasteiger partial charge in [-0.25, -0.2) is 0 Å². The molecule has 0 N–H and O–H groups in total. The maximum absolute atomic E-state index is 0. The van der Waals surface area contributed by atoms with Crippen molar-refractivity contribution in [3.8, 4) is 0 Å². The molecule has 32 valence electrons.